The molecule has 1 N–H and O–H groups in total. The van der Waals surface area contributed by atoms with E-state index < -0.39 is 5.92 Å². The van der Waals surface area contributed by atoms with Crippen LogP contribution in [0.1, 0.15) is 6.42 Å². The third-order valence-electron chi connectivity index (χ3n) is 5.18. The van der Waals surface area contributed by atoms with E-state index in [1.54, 1.807) is 18.2 Å². The van der Waals surface area contributed by atoms with Crippen LogP contribution in [0, 0.1) is 5.92 Å². The highest BCUT2D eigenvalue weighted by molar-refractivity contribution is 6.03. The first-order valence-corrected chi connectivity index (χ1v) is 9.84. The Morgan fingerprint density at radius 3 is 2.80 bits per heavy atom. The van der Waals surface area contributed by atoms with Crippen molar-refractivity contribution < 1.29 is 19.1 Å². The van der Waals surface area contributed by atoms with Crippen LogP contribution in [-0.4, -0.2) is 48.5 Å². The molecule has 7 heteroatoms. The lowest BCUT2D eigenvalue weighted by atomic mass is 10.1. The number of pyridine rings is 1. The monoisotopic (exact) mass is 405 g/mol. The average molecular weight is 405 g/mol. The number of fused-ring (bicyclic) bond motifs is 1. The molecule has 1 saturated heterocycles. The highest BCUT2D eigenvalue weighted by atomic mass is 16.5. The molecule has 0 bridgehead atoms. The minimum Gasteiger partial charge on any atom is -0.493 e. The molecule has 4 rings (SSSR count). The predicted molar refractivity (Wildman–Crippen MR) is 114 cm³/mol. The Balaban J connectivity index is 1.34. The molecule has 3 aromatic rings. The molecule has 7 nitrogen and oxygen atoms in total. The van der Waals surface area contributed by atoms with E-state index in [0.29, 0.717) is 36.9 Å². The second-order valence-corrected chi connectivity index (χ2v) is 7.11. The van der Waals surface area contributed by atoms with E-state index in [9.17, 15) is 9.59 Å². The number of likely N-dealkylation sites (tertiary alicyclic amines) is 1. The first-order valence-electron chi connectivity index (χ1n) is 9.84. The fourth-order valence-electron chi connectivity index (χ4n) is 3.61. The molecule has 1 aliphatic rings. The van der Waals surface area contributed by atoms with Crippen molar-refractivity contribution in [3.63, 3.8) is 0 Å². The Hall–Kier alpha value is -3.61. The number of ether oxygens (including phenoxy) is 2. The number of anilines is 1. The van der Waals surface area contributed by atoms with Gasteiger partial charge in [0.05, 0.1) is 30.8 Å². The summed E-state index contributed by atoms with van der Waals surface area (Å²) >= 11 is 0. The van der Waals surface area contributed by atoms with Crippen LogP contribution >= 0.6 is 0 Å². The summed E-state index contributed by atoms with van der Waals surface area (Å²) in [5.41, 5.74) is 1.52. The van der Waals surface area contributed by atoms with Gasteiger partial charge in [0.15, 0.2) is 11.5 Å². The summed E-state index contributed by atoms with van der Waals surface area (Å²) in [5.74, 6) is 0.680. The van der Waals surface area contributed by atoms with Gasteiger partial charge in [0, 0.05) is 24.5 Å². The molecule has 0 saturated carbocycles. The normalized spacial score (nSPS) is 16.0. The van der Waals surface area contributed by atoms with Crippen LogP contribution in [0.5, 0.6) is 11.5 Å². The SMILES string of the molecule is COc1ccccc1OCCN1CC(C(=O)Nc2cccc3ncccc23)CC1=O. The second kappa shape index (κ2) is 8.82. The van der Waals surface area contributed by atoms with Gasteiger partial charge in [-0.05, 0) is 36.4 Å². The second-order valence-electron chi connectivity index (χ2n) is 7.11. The lowest BCUT2D eigenvalue weighted by Crippen LogP contribution is -2.31. The van der Waals surface area contributed by atoms with Crippen LogP contribution in [0.15, 0.2) is 60.8 Å². The van der Waals surface area contributed by atoms with E-state index in [1.807, 2.05) is 54.6 Å². The average Bonchev–Trinajstić information content (AvgIpc) is 3.15. The zero-order valence-corrected chi connectivity index (χ0v) is 16.7. The molecule has 1 atom stereocenters. The molecule has 0 spiro atoms. The van der Waals surface area contributed by atoms with E-state index in [4.69, 9.17) is 9.47 Å². The van der Waals surface area contributed by atoms with E-state index in [1.165, 1.54) is 0 Å². The number of benzene rings is 2. The summed E-state index contributed by atoms with van der Waals surface area (Å²) in [6, 6.07) is 16.7. The smallest absolute Gasteiger partial charge is 0.229 e. The molecule has 1 aromatic heterocycles. The lowest BCUT2D eigenvalue weighted by Gasteiger charge is -2.18. The van der Waals surface area contributed by atoms with Crippen molar-refractivity contribution >= 4 is 28.4 Å². The number of amides is 2. The number of nitrogens with one attached hydrogen (secondary N) is 1. The third kappa shape index (κ3) is 4.20. The molecule has 2 amide bonds. The number of rotatable bonds is 7. The Morgan fingerprint density at radius 2 is 1.97 bits per heavy atom. The van der Waals surface area contributed by atoms with Crippen molar-refractivity contribution in [3.05, 3.63) is 60.8 Å². The lowest BCUT2D eigenvalue weighted by molar-refractivity contribution is -0.128. The van der Waals surface area contributed by atoms with E-state index in [-0.39, 0.29) is 18.2 Å². The molecule has 2 heterocycles. The van der Waals surface area contributed by atoms with E-state index in [2.05, 4.69) is 10.3 Å². The zero-order valence-electron chi connectivity index (χ0n) is 16.7. The van der Waals surface area contributed by atoms with Crippen LogP contribution in [0.4, 0.5) is 5.69 Å². The number of para-hydroxylation sites is 2. The molecule has 2 aromatic carbocycles. The number of aromatic nitrogens is 1. The fraction of sp³-hybridized carbons (Fsp3) is 0.261. The van der Waals surface area contributed by atoms with Crippen LogP contribution in [0.25, 0.3) is 10.9 Å². The quantitative estimate of drug-likeness (QED) is 0.653. The van der Waals surface area contributed by atoms with Crippen molar-refractivity contribution in [1.82, 2.24) is 9.88 Å². The maximum Gasteiger partial charge on any atom is 0.229 e. The number of nitrogens with zero attached hydrogens (tertiary/aromatic N) is 2. The molecule has 1 aliphatic heterocycles. The largest absolute Gasteiger partial charge is 0.493 e. The molecule has 1 fully saturated rings. The number of carbonyl (C=O) groups is 2. The minimum atomic E-state index is -0.393. The summed E-state index contributed by atoms with van der Waals surface area (Å²) in [4.78, 5) is 31.1. The molecule has 154 valence electrons. The van der Waals surface area contributed by atoms with Crippen molar-refractivity contribution in [1.29, 1.82) is 0 Å². The van der Waals surface area contributed by atoms with Gasteiger partial charge in [-0.1, -0.05) is 18.2 Å². The predicted octanol–water partition coefficient (Wildman–Crippen LogP) is 3.11. The Kier molecular flexibility index (Phi) is 5.79. The zero-order chi connectivity index (χ0) is 20.9. The van der Waals surface area contributed by atoms with Crippen LogP contribution < -0.4 is 14.8 Å². The molecular formula is C23H23N3O4. The summed E-state index contributed by atoms with van der Waals surface area (Å²) < 4.78 is 11.0. The fourth-order valence-corrected chi connectivity index (χ4v) is 3.61. The summed E-state index contributed by atoms with van der Waals surface area (Å²) in [6.45, 7) is 1.12. The number of methoxy groups -OCH3 is 1. The number of carbonyl (C=O) groups excluding carboxylic acids is 2. The maximum absolute atomic E-state index is 12.8. The topological polar surface area (TPSA) is 80.8 Å². The van der Waals surface area contributed by atoms with Crippen molar-refractivity contribution in [2.24, 2.45) is 5.92 Å². The van der Waals surface area contributed by atoms with Gasteiger partial charge in [-0.25, -0.2) is 0 Å². The van der Waals surface area contributed by atoms with E-state index >= 15 is 0 Å². The summed E-state index contributed by atoms with van der Waals surface area (Å²) in [7, 11) is 1.58. The van der Waals surface area contributed by atoms with Gasteiger partial charge in [-0.2, -0.15) is 0 Å². The van der Waals surface area contributed by atoms with Crippen molar-refractivity contribution in [3.8, 4) is 11.5 Å². The first kappa shape index (κ1) is 19.7. The molecular weight excluding hydrogens is 382 g/mol. The molecule has 1 unspecified atom stereocenters. The van der Waals surface area contributed by atoms with E-state index in [0.717, 1.165) is 10.9 Å². The summed E-state index contributed by atoms with van der Waals surface area (Å²) in [5, 5.41) is 3.83. The van der Waals surface area contributed by atoms with Gasteiger partial charge >= 0.3 is 0 Å². The standard InChI is InChI=1S/C23H23N3O4/c1-29-20-9-2-3-10-21(20)30-13-12-26-15-16(14-22(26)27)23(28)25-19-8-4-7-18-17(19)6-5-11-24-18/h2-11,16H,12-15H2,1H3,(H,25,28). The van der Waals surface area contributed by atoms with Crippen LogP contribution in [0.3, 0.4) is 0 Å². The van der Waals surface area contributed by atoms with Gasteiger partial charge in [0.2, 0.25) is 11.8 Å². The molecule has 0 radical (unpaired) electrons. The minimum absolute atomic E-state index is 0.0432. The van der Waals surface area contributed by atoms with Gasteiger partial charge in [-0.15, -0.1) is 0 Å². The van der Waals surface area contributed by atoms with Crippen LogP contribution in [-0.2, 0) is 9.59 Å². The first-order chi connectivity index (χ1) is 14.7. The Bertz CT molecular complexity index is 1060. The maximum atomic E-state index is 12.8. The Morgan fingerprint density at radius 1 is 1.13 bits per heavy atom. The van der Waals surface area contributed by atoms with Crippen molar-refractivity contribution in [2.75, 3.05) is 32.1 Å². The van der Waals surface area contributed by atoms with Gasteiger partial charge < -0.3 is 19.7 Å². The summed E-state index contributed by atoms with van der Waals surface area (Å²) in [6.07, 6.45) is 1.91. The van der Waals surface area contributed by atoms with Gasteiger partial charge in [0.1, 0.15) is 6.61 Å². The molecule has 0 aliphatic carbocycles. The highest BCUT2D eigenvalue weighted by Crippen LogP contribution is 2.27. The number of hydrogen-bond acceptors (Lipinski definition) is 5. The number of hydrogen-bond donors (Lipinski definition) is 1. The Labute approximate surface area is 174 Å². The van der Waals surface area contributed by atoms with Gasteiger partial charge in [-0.3, -0.25) is 14.6 Å². The van der Waals surface area contributed by atoms with Crippen molar-refractivity contribution in [2.45, 2.75) is 6.42 Å². The third-order valence-corrected chi connectivity index (χ3v) is 5.18. The molecule has 30 heavy (non-hydrogen) atoms. The van der Waals surface area contributed by atoms with Crippen LogP contribution in [0.2, 0.25) is 0 Å². The van der Waals surface area contributed by atoms with Gasteiger partial charge in [0.25, 0.3) is 0 Å². The highest BCUT2D eigenvalue weighted by Gasteiger charge is 2.34.